The lowest BCUT2D eigenvalue weighted by Gasteiger charge is -2.18. The molecular weight excluding hydrogens is 248 g/mol. The van der Waals surface area contributed by atoms with Crippen LogP contribution in [0.5, 0.6) is 0 Å². The maximum absolute atomic E-state index is 4.63. The number of hydrogen-bond donors (Lipinski definition) is 0. The van der Waals surface area contributed by atoms with E-state index in [9.17, 15) is 0 Å². The zero-order valence-corrected chi connectivity index (χ0v) is 12.3. The number of pyridine rings is 1. The molecule has 4 heteroatoms. The average Bonchev–Trinajstić information content (AvgIpc) is 2.52. The Morgan fingerprint density at radius 2 is 2.00 bits per heavy atom. The van der Waals surface area contributed by atoms with Gasteiger partial charge in [-0.25, -0.2) is 9.97 Å². The van der Waals surface area contributed by atoms with Crippen molar-refractivity contribution in [2.75, 3.05) is 19.6 Å². The molecule has 0 saturated heterocycles. The van der Waals surface area contributed by atoms with E-state index in [0.29, 0.717) is 0 Å². The molecule has 0 saturated carbocycles. The third-order valence-electron chi connectivity index (χ3n) is 3.30. The Hall–Kier alpha value is -1.81. The summed E-state index contributed by atoms with van der Waals surface area (Å²) in [5.74, 6) is 0.904. The predicted molar refractivity (Wildman–Crippen MR) is 81.4 cm³/mol. The van der Waals surface area contributed by atoms with Gasteiger partial charge in [0.15, 0.2) is 0 Å². The topological polar surface area (TPSA) is 41.9 Å². The van der Waals surface area contributed by atoms with Gasteiger partial charge in [-0.15, -0.1) is 0 Å². The fraction of sp³-hybridized carbons (Fsp3) is 0.438. The van der Waals surface area contributed by atoms with Crippen LogP contribution in [0.25, 0.3) is 11.3 Å². The lowest BCUT2D eigenvalue weighted by Crippen LogP contribution is -2.27. The Labute approximate surface area is 120 Å². The third-order valence-corrected chi connectivity index (χ3v) is 3.30. The maximum atomic E-state index is 4.63. The van der Waals surface area contributed by atoms with Crippen molar-refractivity contribution < 1.29 is 0 Å². The molecule has 0 radical (unpaired) electrons. The zero-order chi connectivity index (χ0) is 14.2. The summed E-state index contributed by atoms with van der Waals surface area (Å²) in [6.07, 6.45) is 7.52. The van der Waals surface area contributed by atoms with E-state index in [0.717, 1.165) is 43.1 Å². The number of aromatic nitrogens is 3. The van der Waals surface area contributed by atoms with Crippen molar-refractivity contribution in [3.8, 4) is 11.3 Å². The summed E-state index contributed by atoms with van der Waals surface area (Å²) < 4.78 is 0. The van der Waals surface area contributed by atoms with Crippen LogP contribution in [0.15, 0.2) is 36.8 Å². The lowest BCUT2D eigenvalue weighted by molar-refractivity contribution is 0.290. The van der Waals surface area contributed by atoms with Gasteiger partial charge in [-0.05, 0) is 37.7 Å². The largest absolute Gasteiger partial charge is 0.303 e. The van der Waals surface area contributed by atoms with Crippen LogP contribution in [0.2, 0.25) is 0 Å². The molecule has 0 aromatic carbocycles. The average molecular weight is 270 g/mol. The van der Waals surface area contributed by atoms with Gasteiger partial charge >= 0.3 is 0 Å². The monoisotopic (exact) mass is 270 g/mol. The molecule has 0 bridgehead atoms. The van der Waals surface area contributed by atoms with Crippen LogP contribution in [-0.2, 0) is 6.42 Å². The second-order valence-corrected chi connectivity index (χ2v) is 4.78. The van der Waals surface area contributed by atoms with Crippen molar-refractivity contribution >= 4 is 0 Å². The van der Waals surface area contributed by atoms with Crippen molar-refractivity contribution in [1.82, 2.24) is 19.9 Å². The molecule has 0 unspecified atom stereocenters. The van der Waals surface area contributed by atoms with Gasteiger partial charge < -0.3 is 4.90 Å². The van der Waals surface area contributed by atoms with Crippen LogP contribution in [0.3, 0.4) is 0 Å². The Kier molecular flexibility index (Phi) is 5.62. The van der Waals surface area contributed by atoms with Gasteiger partial charge in [-0.3, -0.25) is 4.98 Å². The van der Waals surface area contributed by atoms with Gasteiger partial charge in [0.25, 0.3) is 0 Å². The Morgan fingerprint density at radius 1 is 1.10 bits per heavy atom. The molecule has 2 aromatic rings. The summed E-state index contributed by atoms with van der Waals surface area (Å²) in [5, 5.41) is 0. The highest BCUT2D eigenvalue weighted by atomic mass is 15.1. The van der Waals surface area contributed by atoms with Crippen LogP contribution in [0, 0.1) is 0 Å². The molecule has 0 aliphatic carbocycles. The Balaban J connectivity index is 2.03. The smallest absolute Gasteiger partial charge is 0.130 e. The summed E-state index contributed by atoms with van der Waals surface area (Å²) in [6, 6.07) is 5.88. The minimum atomic E-state index is 0.891. The first-order chi connectivity index (χ1) is 9.83. The molecule has 20 heavy (non-hydrogen) atoms. The van der Waals surface area contributed by atoms with Gasteiger partial charge in [0.1, 0.15) is 5.82 Å². The second-order valence-electron chi connectivity index (χ2n) is 4.78. The van der Waals surface area contributed by atoms with E-state index in [1.54, 1.807) is 6.20 Å². The van der Waals surface area contributed by atoms with E-state index in [1.165, 1.54) is 6.42 Å². The Bertz CT molecular complexity index is 513. The van der Waals surface area contributed by atoms with Crippen molar-refractivity contribution in [3.63, 3.8) is 0 Å². The number of likely N-dealkylation sites (N-methyl/N-ethyl adjacent to an activating group) is 1. The van der Waals surface area contributed by atoms with Gasteiger partial charge in [0.05, 0.1) is 5.69 Å². The molecule has 0 aliphatic heterocycles. The fourth-order valence-electron chi connectivity index (χ4n) is 2.20. The van der Waals surface area contributed by atoms with Crippen molar-refractivity contribution in [2.45, 2.75) is 26.7 Å². The first-order valence-corrected chi connectivity index (χ1v) is 7.28. The maximum Gasteiger partial charge on any atom is 0.130 e. The van der Waals surface area contributed by atoms with E-state index in [-0.39, 0.29) is 0 Å². The van der Waals surface area contributed by atoms with Crippen LogP contribution >= 0.6 is 0 Å². The normalized spacial score (nSPS) is 10.9. The SMILES string of the molecule is CCCN(CC)CCc1nccc(-c2cccnc2)n1. The highest BCUT2D eigenvalue weighted by molar-refractivity contribution is 5.56. The van der Waals surface area contributed by atoms with Crippen LogP contribution in [0.4, 0.5) is 0 Å². The summed E-state index contributed by atoms with van der Waals surface area (Å²) in [6.45, 7) is 7.64. The van der Waals surface area contributed by atoms with Crippen LogP contribution in [0.1, 0.15) is 26.1 Å². The number of rotatable bonds is 7. The Morgan fingerprint density at radius 3 is 2.70 bits per heavy atom. The number of hydrogen-bond acceptors (Lipinski definition) is 4. The highest BCUT2D eigenvalue weighted by Gasteiger charge is 2.05. The van der Waals surface area contributed by atoms with Crippen molar-refractivity contribution in [1.29, 1.82) is 0 Å². The minimum absolute atomic E-state index is 0.891. The molecule has 2 aromatic heterocycles. The molecule has 0 aliphatic rings. The highest BCUT2D eigenvalue weighted by Crippen LogP contribution is 2.14. The molecule has 0 atom stereocenters. The molecule has 4 nitrogen and oxygen atoms in total. The van der Waals surface area contributed by atoms with E-state index < -0.39 is 0 Å². The van der Waals surface area contributed by atoms with Gasteiger partial charge in [-0.2, -0.15) is 0 Å². The van der Waals surface area contributed by atoms with Gasteiger partial charge in [0.2, 0.25) is 0 Å². The quantitative estimate of drug-likeness (QED) is 0.776. The molecule has 106 valence electrons. The van der Waals surface area contributed by atoms with E-state index in [2.05, 4.69) is 33.7 Å². The molecule has 2 rings (SSSR count). The summed E-state index contributed by atoms with van der Waals surface area (Å²) in [7, 11) is 0. The zero-order valence-electron chi connectivity index (χ0n) is 12.3. The standard InChI is InChI=1S/C16H22N4/c1-3-11-20(4-2)12-8-16-18-10-7-15(19-16)14-6-5-9-17-13-14/h5-7,9-10,13H,3-4,8,11-12H2,1-2H3. The minimum Gasteiger partial charge on any atom is -0.303 e. The first-order valence-electron chi connectivity index (χ1n) is 7.28. The van der Waals surface area contributed by atoms with Gasteiger partial charge in [-0.1, -0.05) is 13.8 Å². The predicted octanol–water partition coefficient (Wildman–Crippen LogP) is 2.81. The third kappa shape index (κ3) is 4.10. The fourth-order valence-corrected chi connectivity index (χ4v) is 2.20. The van der Waals surface area contributed by atoms with E-state index in [1.807, 2.05) is 30.6 Å². The number of nitrogens with zero attached hydrogens (tertiary/aromatic N) is 4. The lowest BCUT2D eigenvalue weighted by atomic mass is 10.2. The molecule has 2 heterocycles. The van der Waals surface area contributed by atoms with Crippen LogP contribution in [-0.4, -0.2) is 39.5 Å². The second kappa shape index (κ2) is 7.70. The van der Waals surface area contributed by atoms with Crippen molar-refractivity contribution in [3.05, 3.63) is 42.6 Å². The molecule has 0 spiro atoms. The van der Waals surface area contributed by atoms with Crippen molar-refractivity contribution in [2.24, 2.45) is 0 Å². The summed E-state index contributed by atoms with van der Waals surface area (Å²) in [4.78, 5) is 15.6. The van der Waals surface area contributed by atoms with Crippen LogP contribution < -0.4 is 0 Å². The van der Waals surface area contributed by atoms with Gasteiger partial charge in [0, 0.05) is 37.1 Å². The molecule has 0 N–H and O–H groups in total. The summed E-state index contributed by atoms with van der Waals surface area (Å²) in [5.41, 5.74) is 1.98. The molecular formula is C16H22N4. The molecule has 0 fully saturated rings. The van der Waals surface area contributed by atoms with E-state index in [4.69, 9.17) is 0 Å². The first kappa shape index (κ1) is 14.6. The summed E-state index contributed by atoms with van der Waals surface area (Å²) >= 11 is 0. The molecule has 0 amide bonds. The van der Waals surface area contributed by atoms with E-state index >= 15 is 0 Å².